The van der Waals surface area contributed by atoms with Crippen LogP contribution in [0.1, 0.15) is 36.8 Å². The van der Waals surface area contributed by atoms with Gasteiger partial charge in [-0.25, -0.2) is 4.98 Å². The van der Waals surface area contributed by atoms with Crippen molar-refractivity contribution < 1.29 is 14.0 Å². The smallest absolute Gasteiger partial charge is 0.316 e. The predicted molar refractivity (Wildman–Crippen MR) is 134 cm³/mol. The summed E-state index contributed by atoms with van der Waals surface area (Å²) in [6.45, 7) is 2.69. The van der Waals surface area contributed by atoms with E-state index < -0.39 is 8.25 Å². The Hall–Kier alpha value is -2.02. The fraction of sp³-hybridized carbons (Fsp3) is 0.375. The number of anilines is 1. The van der Waals surface area contributed by atoms with Gasteiger partial charge in [-0.15, -0.1) is 11.3 Å². The highest BCUT2D eigenvalue weighted by Crippen LogP contribution is 2.31. The molecular formula is C24H32N3O3PS. The van der Waals surface area contributed by atoms with E-state index in [4.69, 9.17) is 9.42 Å². The first-order chi connectivity index (χ1) is 15.7. The van der Waals surface area contributed by atoms with Crippen LogP contribution in [0.5, 0.6) is 0 Å². The van der Waals surface area contributed by atoms with E-state index in [1.54, 1.807) is 11.3 Å². The molecule has 6 nitrogen and oxygen atoms in total. The molecule has 1 atom stereocenters. The van der Waals surface area contributed by atoms with Crippen molar-refractivity contribution in [3.05, 3.63) is 71.2 Å². The number of benzene rings is 2. The van der Waals surface area contributed by atoms with Crippen LogP contribution in [0.4, 0.5) is 5.69 Å². The number of aryl methyl sites for hydroxylation is 1. The Morgan fingerprint density at radius 1 is 1.00 bits per heavy atom. The maximum absolute atomic E-state index is 10.6. The molecular weight excluding hydrogens is 441 g/mol. The van der Waals surface area contributed by atoms with E-state index in [2.05, 4.69) is 64.1 Å². The Balaban J connectivity index is 1.45. The van der Waals surface area contributed by atoms with Crippen LogP contribution in [0.3, 0.4) is 0 Å². The standard InChI is InChI=1S/C24H32N3O3PS/c28-31(29)30-16-7-13-25-19-21-11-12-23(22(18-21)24-27-15-17-32-24)26-14-6-2-5-10-20-8-3-1-4-9-20/h1,3-4,8-9,11-12,15,17-18,25-26,31H,2,5-7,10,13-14,16,19H2,(H,28,29). The Bertz CT molecular complexity index is 939. The van der Waals surface area contributed by atoms with Gasteiger partial charge in [0.2, 0.25) is 0 Å². The SMILES string of the molecule is O=[PH](O)OCCCNCc1ccc(NCCCCCc2ccccc2)c(-c2nccs2)c1. The van der Waals surface area contributed by atoms with Crippen molar-refractivity contribution in [2.45, 2.75) is 38.6 Å². The van der Waals surface area contributed by atoms with Crippen molar-refractivity contribution in [1.82, 2.24) is 10.3 Å². The molecule has 3 rings (SSSR count). The summed E-state index contributed by atoms with van der Waals surface area (Å²) < 4.78 is 15.3. The molecule has 32 heavy (non-hydrogen) atoms. The van der Waals surface area contributed by atoms with Crippen LogP contribution in [0, 0.1) is 0 Å². The maximum Gasteiger partial charge on any atom is 0.316 e. The molecule has 0 saturated carbocycles. The van der Waals surface area contributed by atoms with Crippen LogP contribution >= 0.6 is 19.6 Å². The average Bonchev–Trinajstić information content (AvgIpc) is 3.34. The number of thiazole rings is 1. The molecule has 0 aliphatic carbocycles. The molecule has 0 radical (unpaired) electrons. The van der Waals surface area contributed by atoms with Crippen LogP contribution in [0.15, 0.2) is 60.1 Å². The zero-order valence-corrected chi connectivity index (χ0v) is 20.1. The van der Waals surface area contributed by atoms with E-state index in [0.29, 0.717) is 13.0 Å². The first kappa shape index (κ1) is 24.6. The summed E-state index contributed by atoms with van der Waals surface area (Å²) in [5.74, 6) is 0. The minimum Gasteiger partial charge on any atom is -0.384 e. The van der Waals surface area contributed by atoms with Gasteiger partial charge in [-0.05, 0) is 55.5 Å². The molecule has 1 heterocycles. The van der Waals surface area contributed by atoms with Crippen molar-refractivity contribution in [2.75, 3.05) is 25.0 Å². The lowest BCUT2D eigenvalue weighted by atomic mass is 10.1. The Morgan fingerprint density at radius 2 is 1.88 bits per heavy atom. The van der Waals surface area contributed by atoms with E-state index in [1.807, 2.05) is 11.6 Å². The van der Waals surface area contributed by atoms with Crippen molar-refractivity contribution in [2.24, 2.45) is 0 Å². The van der Waals surface area contributed by atoms with Gasteiger partial charge in [0, 0.05) is 35.9 Å². The van der Waals surface area contributed by atoms with E-state index in [1.165, 1.54) is 24.0 Å². The van der Waals surface area contributed by atoms with Crippen LogP contribution in [0.2, 0.25) is 0 Å². The van der Waals surface area contributed by atoms with Gasteiger partial charge < -0.3 is 20.1 Å². The summed E-state index contributed by atoms with van der Waals surface area (Å²) in [6.07, 6.45) is 7.21. The number of aromatic nitrogens is 1. The fourth-order valence-corrected chi connectivity index (χ4v) is 4.46. The number of nitrogens with one attached hydrogen (secondary N) is 2. The normalized spacial score (nSPS) is 12.0. The first-order valence-corrected chi connectivity index (χ1v) is 13.2. The van der Waals surface area contributed by atoms with Gasteiger partial charge in [-0.2, -0.15) is 0 Å². The van der Waals surface area contributed by atoms with Crippen LogP contribution in [0.25, 0.3) is 10.6 Å². The van der Waals surface area contributed by atoms with E-state index in [-0.39, 0.29) is 0 Å². The second kappa shape index (κ2) is 14.2. The molecule has 0 aliphatic heterocycles. The summed E-state index contributed by atoms with van der Waals surface area (Å²) in [5, 5.41) is 9.97. The quantitative estimate of drug-likeness (QED) is 0.199. The lowest BCUT2D eigenvalue weighted by Crippen LogP contribution is -2.16. The maximum atomic E-state index is 10.6. The zero-order valence-electron chi connectivity index (χ0n) is 18.3. The van der Waals surface area contributed by atoms with Crippen LogP contribution in [-0.2, 0) is 22.1 Å². The third-order valence-electron chi connectivity index (χ3n) is 5.10. The third-order valence-corrected chi connectivity index (χ3v) is 6.36. The predicted octanol–water partition coefficient (Wildman–Crippen LogP) is 5.51. The van der Waals surface area contributed by atoms with E-state index in [0.717, 1.165) is 48.7 Å². The largest absolute Gasteiger partial charge is 0.384 e. The van der Waals surface area contributed by atoms with Crippen molar-refractivity contribution in [1.29, 1.82) is 0 Å². The highest BCUT2D eigenvalue weighted by Gasteiger charge is 2.09. The minimum absolute atomic E-state index is 0.292. The molecule has 0 saturated heterocycles. The minimum atomic E-state index is -2.82. The molecule has 0 aliphatic rings. The van der Waals surface area contributed by atoms with Gasteiger partial charge in [0.15, 0.2) is 0 Å². The van der Waals surface area contributed by atoms with Gasteiger partial charge in [0.1, 0.15) is 5.01 Å². The van der Waals surface area contributed by atoms with Crippen molar-refractivity contribution >= 4 is 25.3 Å². The third kappa shape index (κ3) is 8.85. The fourth-order valence-electron chi connectivity index (χ4n) is 3.48. The Labute approximate surface area is 195 Å². The van der Waals surface area contributed by atoms with Gasteiger partial charge in [0.05, 0.1) is 6.61 Å². The average molecular weight is 474 g/mol. The number of hydrogen-bond donors (Lipinski definition) is 3. The number of rotatable bonds is 15. The summed E-state index contributed by atoms with van der Waals surface area (Å²) in [4.78, 5) is 13.2. The molecule has 172 valence electrons. The molecule has 0 amide bonds. The monoisotopic (exact) mass is 473 g/mol. The summed E-state index contributed by atoms with van der Waals surface area (Å²) in [7, 11) is -2.82. The molecule has 1 aromatic heterocycles. The van der Waals surface area contributed by atoms with E-state index >= 15 is 0 Å². The first-order valence-electron chi connectivity index (χ1n) is 11.1. The van der Waals surface area contributed by atoms with Gasteiger partial charge in [-0.1, -0.05) is 42.8 Å². The number of hydrogen-bond acceptors (Lipinski definition) is 6. The Kier molecular flexibility index (Phi) is 10.9. The van der Waals surface area contributed by atoms with Crippen LogP contribution < -0.4 is 10.6 Å². The molecule has 1 unspecified atom stereocenters. The van der Waals surface area contributed by atoms with Gasteiger partial charge in [-0.3, -0.25) is 4.57 Å². The van der Waals surface area contributed by atoms with E-state index in [9.17, 15) is 4.57 Å². The molecule has 3 aromatic rings. The van der Waals surface area contributed by atoms with Gasteiger partial charge >= 0.3 is 8.25 Å². The highest BCUT2D eigenvalue weighted by molar-refractivity contribution is 7.32. The van der Waals surface area contributed by atoms with Crippen molar-refractivity contribution in [3.63, 3.8) is 0 Å². The van der Waals surface area contributed by atoms with Crippen molar-refractivity contribution in [3.8, 4) is 10.6 Å². The summed E-state index contributed by atoms with van der Waals surface area (Å²) in [5.41, 5.74) is 4.84. The molecule has 0 spiro atoms. The lowest BCUT2D eigenvalue weighted by molar-refractivity contribution is 0.276. The molecule has 0 fully saturated rings. The Morgan fingerprint density at radius 3 is 2.66 bits per heavy atom. The topological polar surface area (TPSA) is 83.5 Å². The zero-order chi connectivity index (χ0) is 22.4. The van der Waals surface area contributed by atoms with Gasteiger partial charge in [0.25, 0.3) is 0 Å². The molecule has 8 heteroatoms. The van der Waals surface area contributed by atoms with Crippen LogP contribution in [-0.4, -0.2) is 29.6 Å². The number of nitrogens with zero attached hydrogens (tertiary/aromatic N) is 1. The molecule has 3 N–H and O–H groups in total. The number of unbranched alkanes of at least 4 members (excludes halogenated alkanes) is 2. The second-order valence-corrected chi connectivity index (χ2v) is 9.30. The molecule has 2 aromatic carbocycles. The highest BCUT2D eigenvalue weighted by atomic mass is 32.1. The summed E-state index contributed by atoms with van der Waals surface area (Å²) in [6, 6.07) is 17.1. The summed E-state index contributed by atoms with van der Waals surface area (Å²) >= 11 is 1.64. The second-order valence-electron chi connectivity index (χ2n) is 7.58. The lowest BCUT2D eigenvalue weighted by Gasteiger charge is -2.13. The molecule has 0 bridgehead atoms.